The Bertz CT molecular complexity index is 433. The van der Waals surface area contributed by atoms with E-state index in [2.05, 4.69) is 4.98 Å². The highest BCUT2D eigenvalue weighted by atomic mass is 35.5. The van der Waals surface area contributed by atoms with E-state index in [0.717, 1.165) is 0 Å². The van der Waals surface area contributed by atoms with Crippen LogP contribution < -0.4 is 0 Å². The number of nitrogens with zero attached hydrogens (tertiary/aromatic N) is 2. The summed E-state index contributed by atoms with van der Waals surface area (Å²) in [5.74, 6) is 0.513. The number of pyridine rings is 1. The Hall–Kier alpha value is -1.13. The summed E-state index contributed by atoms with van der Waals surface area (Å²) in [5.41, 5.74) is 1.05. The summed E-state index contributed by atoms with van der Waals surface area (Å²) in [4.78, 5) is 14.0. The predicted molar refractivity (Wildman–Crippen MR) is 65.0 cm³/mol. The maximum absolute atomic E-state index is 10.8. The molecule has 0 saturated heterocycles. The number of aromatic nitrogens is 1. The van der Waals surface area contributed by atoms with Gasteiger partial charge in [-0.25, -0.2) is 4.98 Å². The molecule has 0 unspecified atom stereocenters. The van der Waals surface area contributed by atoms with Crippen LogP contribution in [0.25, 0.3) is 6.08 Å². The van der Waals surface area contributed by atoms with E-state index in [0.29, 0.717) is 23.4 Å². The van der Waals surface area contributed by atoms with Gasteiger partial charge in [-0.1, -0.05) is 23.8 Å². The smallest absolute Gasteiger partial charge is 0.258 e. The van der Waals surface area contributed by atoms with Crippen LogP contribution in [0.2, 0.25) is 5.15 Å². The SMILES string of the molecule is Cc1c(C=CCCCl)cnc(Cl)c1[N+](=O)[O-]. The summed E-state index contributed by atoms with van der Waals surface area (Å²) < 4.78 is 0. The molecule has 1 aromatic heterocycles. The third kappa shape index (κ3) is 2.93. The van der Waals surface area contributed by atoms with Gasteiger partial charge in [-0.2, -0.15) is 0 Å². The van der Waals surface area contributed by atoms with Gasteiger partial charge in [0.15, 0.2) is 0 Å². The van der Waals surface area contributed by atoms with Gasteiger partial charge in [-0.3, -0.25) is 10.1 Å². The third-order valence-corrected chi connectivity index (χ3v) is 2.55. The van der Waals surface area contributed by atoms with E-state index in [4.69, 9.17) is 23.2 Å². The van der Waals surface area contributed by atoms with Crippen LogP contribution >= 0.6 is 23.2 Å². The van der Waals surface area contributed by atoms with Crippen LogP contribution in [-0.2, 0) is 0 Å². The first-order chi connectivity index (χ1) is 7.57. The molecule has 0 spiro atoms. The van der Waals surface area contributed by atoms with Gasteiger partial charge in [0.25, 0.3) is 0 Å². The van der Waals surface area contributed by atoms with Crippen LogP contribution in [0.5, 0.6) is 0 Å². The van der Waals surface area contributed by atoms with Crippen molar-refractivity contribution in [2.24, 2.45) is 0 Å². The Morgan fingerprint density at radius 2 is 2.31 bits per heavy atom. The second kappa shape index (κ2) is 5.82. The molecule has 0 saturated carbocycles. The Labute approximate surface area is 103 Å². The first-order valence-corrected chi connectivity index (χ1v) is 5.51. The summed E-state index contributed by atoms with van der Waals surface area (Å²) in [6, 6.07) is 0. The monoisotopic (exact) mass is 260 g/mol. The number of alkyl halides is 1. The lowest BCUT2D eigenvalue weighted by Crippen LogP contribution is -1.97. The summed E-state index contributed by atoms with van der Waals surface area (Å²) >= 11 is 11.2. The molecule has 0 aliphatic carbocycles. The van der Waals surface area contributed by atoms with Crippen LogP contribution in [0.4, 0.5) is 5.69 Å². The number of rotatable bonds is 4. The zero-order valence-electron chi connectivity index (χ0n) is 8.61. The van der Waals surface area contributed by atoms with Gasteiger partial charge in [0, 0.05) is 23.2 Å². The summed E-state index contributed by atoms with van der Waals surface area (Å²) in [6.45, 7) is 1.64. The molecule has 86 valence electrons. The van der Waals surface area contributed by atoms with E-state index in [1.54, 1.807) is 13.0 Å². The van der Waals surface area contributed by atoms with E-state index in [1.807, 2.05) is 6.08 Å². The van der Waals surface area contributed by atoms with Crippen LogP contribution in [0, 0.1) is 17.0 Å². The number of hydrogen-bond acceptors (Lipinski definition) is 3. The first-order valence-electron chi connectivity index (χ1n) is 4.60. The Kier molecular flexibility index (Phi) is 4.71. The molecule has 0 amide bonds. The van der Waals surface area contributed by atoms with Crippen LogP contribution in [0.1, 0.15) is 17.5 Å². The maximum Gasteiger partial charge on any atom is 0.309 e. The molecule has 6 heteroatoms. The van der Waals surface area contributed by atoms with E-state index in [-0.39, 0.29) is 10.8 Å². The Balaban J connectivity index is 3.13. The van der Waals surface area contributed by atoms with Crippen molar-refractivity contribution in [2.45, 2.75) is 13.3 Å². The fraction of sp³-hybridized carbons (Fsp3) is 0.300. The molecule has 0 atom stereocenters. The highest BCUT2D eigenvalue weighted by Gasteiger charge is 2.19. The van der Waals surface area contributed by atoms with E-state index in [1.165, 1.54) is 6.20 Å². The molecular formula is C10H10Cl2N2O2. The summed E-state index contributed by atoms with van der Waals surface area (Å²) in [6.07, 6.45) is 5.81. The van der Waals surface area contributed by atoms with Gasteiger partial charge in [0.05, 0.1) is 4.92 Å². The van der Waals surface area contributed by atoms with Gasteiger partial charge in [0.1, 0.15) is 0 Å². The third-order valence-electron chi connectivity index (χ3n) is 2.06. The molecule has 1 aromatic rings. The van der Waals surface area contributed by atoms with Gasteiger partial charge >= 0.3 is 5.69 Å². The lowest BCUT2D eigenvalue weighted by atomic mass is 10.1. The van der Waals surface area contributed by atoms with Crippen LogP contribution in [-0.4, -0.2) is 15.8 Å². The average Bonchev–Trinajstić information content (AvgIpc) is 2.21. The molecule has 0 bridgehead atoms. The molecule has 0 N–H and O–H groups in total. The van der Waals surface area contributed by atoms with Crippen molar-refractivity contribution >= 4 is 35.0 Å². The zero-order valence-corrected chi connectivity index (χ0v) is 10.1. The minimum atomic E-state index is -0.524. The van der Waals surface area contributed by atoms with Crippen molar-refractivity contribution < 1.29 is 4.92 Å². The number of hydrogen-bond donors (Lipinski definition) is 0. The van der Waals surface area contributed by atoms with Crippen molar-refractivity contribution in [3.8, 4) is 0 Å². The second-order valence-electron chi connectivity index (χ2n) is 3.12. The van der Waals surface area contributed by atoms with Crippen LogP contribution in [0.15, 0.2) is 12.3 Å². The lowest BCUT2D eigenvalue weighted by Gasteiger charge is -2.02. The van der Waals surface area contributed by atoms with Crippen molar-refractivity contribution in [2.75, 3.05) is 5.88 Å². The van der Waals surface area contributed by atoms with Crippen LogP contribution in [0.3, 0.4) is 0 Å². The number of nitro groups is 1. The van der Waals surface area contributed by atoms with Gasteiger partial charge in [-0.05, 0) is 13.3 Å². The van der Waals surface area contributed by atoms with E-state index >= 15 is 0 Å². The fourth-order valence-corrected chi connectivity index (χ4v) is 1.61. The standard InChI is InChI=1S/C10H10Cl2N2O2/c1-7-8(4-2-3-5-11)6-13-10(12)9(7)14(15)16/h2,4,6H,3,5H2,1H3. The molecule has 0 aromatic carbocycles. The minimum Gasteiger partial charge on any atom is -0.258 e. The Morgan fingerprint density at radius 1 is 1.62 bits per heavy atom. The number of halogens is 2. The zero-order chi connectivity index (χ0) is 12.1. The summed E-state index contributed by atoms with van der Waals surface area (Å²) in [7, 11) is 0. The maximum atomic E-state index is 10.8. The average molecular weight is 261 g/mol. The molecule has 1 rings (SSSR count). The highest BCUT2D eigenvalue weighted by Crippen LogP contribution is 2.28. The largest absolute Gasteiger partial charge is 0.309 e. The molecule has 16 heavy (non-hydrogen) atoms. The number of allylic oxidation sites excluding steroid dienone is 1. The quantitative estimate of drug-likeness (QED) is 0.360. The lowest BCUT2D eigenvalue weighted by molar-refractivity contribution is -0.385. The van der Waals surface area contributed by atoms with Crippen molar-refractivity contribution in [3.63, 3.8) is 0 Å². The van der Waals surface area contributed by atoms with Gasteiger partial charge < -0.3 is 0 Å². The minimum absolute atomic E-state index is 0.0861. The fourth-order valence-electron chi connectivity index (χ4n) is 1.23. The molecule has 4 nitrogen and oxygen atoms in total. The van der Waals surface area contributed by atoms with Gasteiger partial charge in [-0.15, -0.1) is 11.6 Å². The molecule has 0 aliphatic heterocycles. The van der Waals surface area contributed by atoms with Crippen molar-refractivity contribution in [1.82, 2.24) is 4.98 Å². The van der Waals surface area contributed by atoms with Crippen molar-refractivity contribution in [1.29, 1.82) is 0 Å². The topological polar surface area (TPSA) is 56.0 Å². The van der Waals surface area contributed by atoms with E-state index in [9.17, 15) is 10.1 Å². The first kappa shape index (κ1) is 12.9. The predicted octanol–water partition coefficient (Wildman–Crippen LogP) is 3.59. The van der Waals surface area contributed by atoms with Crippen molar-refractivity contribution in [3.05, 3.63) is 38.7 Å². The summed E-state index contributed by atoms with van der Waals surface area (Å²) in [5, 5.41) is 10.7. The molecule has 0 aliphatic rings. The molecule has 1 heterocycles. The highest BCUT2D eigenvalue weighted by molar-refractivity contribution is 6.31. The van der Waals surface area contributed by atoms with E-state index < -0.39 is 4.92 Å². The second-order valence-corrected chi connectivity index (χ2v) is 3.85. The molecule has 0 fully saturated rings. The molecular weight excluding hydrogens is 251 g/mol. The Morgan fingerprint density at radius 3 is 2.88 bits per heavy atom. The normalized spacial score (nSPS) is 10.9. The molecule has 0 radical (unpaired) electrons. The van der Waals surface area contributed by atoms with Gasteiger partial charge in [0.2, 0.25) is 5.15 Å².